The zero-order valence-corrected chi connectivity index (χ0v) is 7.62. The molecule has 1 N–H and O–H groups in total. The van der Waals surface area contributed by atoms with Crippen molar-refractivity contribution in [3.8, 4) is 0 Å². The number of hydrogen-bond acceptors (Lipinski definition) is 1. The lowest BCUT2D eigenvalue weighted by atomic mass is 10.2. The second kappa shape index (κ2) is 4.13. The highest BCUT2D eigenvalue weighted by Gasteiger charge is 2.29. The summed E-state index contributed by atoms with van der Waals surface area (Å²) in [5.41, 5.74) is -0.495. The van der Waals surface area contributed by atoms with E-state index in [0.29, 0.717) is 19.0 Å². The summed E-state index contributed by atoms with van der Waals surface area (Å²) in [4.78, 5) is 0. The average Bonchev–Trinajstić information content (AvgIpc) is 2.79. The zero-order chi connectivity index (χ0) is 9.90. The third kappa shape index (κ3) is 4.31. The zero-order valence-electron chi connectivity index (χ0n) is 7.62. The third-order valence-corrected chi connectivity index (χ3v) is 2.05. The molecule has 0 aromatic heterocycles. The number of rotatable bonds is 4. The van der Waals surface area contributed by atoms with Crippen LogP contribution in [0.5, 0.6) is 0 Å². The molecule has 1 nitrogen and oxygen atoms in total. The maximum atomic E-state index is 12.0. The van der Waals surface area contributed by atoms with Gasteiger partial charge in [-0.2, -0.15) is 13.2 Å². The first-order valence-corrected chi connectivity index (χ1v) is 4.47. The Labute approximate surface area is 76.0 Å². The smallest absolute Gasteiger partial charge is 0.314 e. The molecule has 1 fully saturated rings. The van der Waals surface area contributed by atoms with Gasteiger partial charge in [0.1, 0.15) is 0 Å². The number of allylic oxidation sites excluding steroid dienone is 1. The van der Waals surface area contributed by atoms with Crippen LogP contribution in [0, 0.1) is 0 Å². The molecule has 4 heteroatoms. The molecule has 0 atom stereocenters. The van der Waals surface area contributed by atoms with Crippen molar-refractivity contribution in [2.45, 2.75) is 38.4 Å². The van der Waals surface area contributed by atoms with Gasteiger partial charge in [-0.1, -0.05) is 6.08 Å². The summed E-state index contributed by atoms with van der Waals surface area (Å²) in [6, 6.07) is 0.569. The van der Waals surface area contributed by atoms with E-state index in [1.807, 2.05) is 0 Å². The highest BCUT2D eigenvalue weighted by molar-refractivity contribution is 5.05. The maximum absolute atomic E-state index is 12.0. The van der Waals surface area contributed by atoms with Crippen LogP contribution in [0.2, 0.25) is 0 Å². The average molecular weight is 193 g/mol. The summed E-state index contributed by atoms with van der Waals surface area (Å²) in [5, 5.41) is 3.15. The first kappa shape index (κ1) is 10.6. The van der Waals surface area contributed by atoms with Gasteiger partial charge in [0, 0.05) is 11.6 Å². The fourth-order valence-electron chi connectivity index (χ4n) is 0.979. The fourth-order valence-corrected chi connectivity index (χ4v) is 0.979. The molecule has 0 spiro atoms. The van der Waals surface area contributed by atoms with Crippen molar-refractivity contribution >= 4 is 0 Å². The molecule has 1 aliphatic rings. The van der Waals surface area contributed by atoms with Crippen molar-refractivity contribution in [1.82, 2.24) is 5.32 Å². The second-order valence-corrected chi connectivity index (χ2v) is 3.40. The van der Waals surface area contributed by atoms with E-state index in [0.717, 1.165) is 6.92 Å². The SMILES string of the molecule is CC(=CCCNC1CC1)C(F)(F)F. The van der Waals surface area contributed by atoms with Crippen LogP contribution in [-0.2, 0) is 0 Å². The second-order valence-electron chi connectivity index (χ2n) is 3.40. The van der Waals surface area contributed by atoms with Crippen molar-refractivity contribution in [3.63, 3.8) is 0 Å². The lowest BCUT2D eigenvalue weighted by Gasteiger charge is -2.06. The van der Waals surface area contributed by atoms with Gasteiger partial charge < -0.3 is 5.32 Å². The summed E-state index contributed by atoms with van der Waals surface area (Å²) in [6.07, 6.45) is -0.110. The summed E-state index contributed by atoms with van der Waals surface area (Å²) in [5.74, 6) is 0. The van der Waals surface area contributed by atoms with E-state index >= 15 is 0 Å². The minimum absolute atomic E-state index is 0.460. The van der Waals surface area contributed by atoms with Crippen LogP contribution in [0.15, 0.2) is 11.6 Å². The lowest BCUT2D eigenvalue weighted by Crippen LogP contribution is -2.17. The van der Waals surface area contributed by atoms with Crippen LogP contribution >= 0.6 is 0 Å². The van der Waals surface area contributed by atoms with Gasteiger partial charge >= 0.3 is 6.18 Å². The van der Waals surface area contributed by atoms with Crippen molar-refractivity contribution in [3.05, 3.63) is 11.6 Å². The van der Waals surface area contributed by atoms with Gasteiger partial charge in [0.15, 0.2) is 0 Å². The van der Waals surface area contributed by atoms with E-state index in [2.05, 4.69) is 5.32 Å². The standard InChI is InChI=1S/C9H14F3N/c1-7(9(10,11)12)3-2-6-13-8-4-5-8/h3,8,13H,2,4-6H2,1H3. The molecule has 0 aromatic rings. The van der Waals surface area contributed by atoms with Gasteiger partial charge in [-0.3, -0.25) is 0 Å². The largest absolute Gasteiger partial charge is 0.412 e. The van der Waals surface area contributed by atoms with Crippen molar-refractivity contribution < 1.29 is 13.2 Å². The van der Waals surface area contributed by atoms with E-state index in [-0.39, 0.29) is 0 Å². The minimum Gasteiger partial charge on any atom is -0.314 e. The Morgan fingerprint density at radius 1 is 1.46 bits per heavy atom. The molecular weight excluding hydrogens is 179 g/mol. The molecular formula is C9H14F3N. The van der Waals surface area contributed by atoms with Crippen LogP contribution in [0.1, 0.15) is 26.2 Å². The van der Waals surface area contributed by atoms with Gasteiger partial charge in [0.25, 0.3) is 0 Å². The van der Waals surface area contributed by atoms with Crippen LogP contribution < -0.4 is 5.32 Å². The Bertz CT molecular complexity index is 192. The molecule has 76 valence electrons. The Hall–Kier alpha value is -0.510. The van der Waals surface area contributed by atoms with Crippen LogP contribution in [0.3, 0.4) is 0 Å². The van der Waals surface area contributed by atoms with E-state index in [1.165, 1.54) is 18.9 Å². The van der Waals surface area contributed by atoms with E-state index in [9.17, 15) is 13.2 Å². The Balaban J connectivity index is 2.14. The molecule has 1 rings (SSSR count). The van der Waals surface area contributed by atoms with Gasteiger partial charge in [0.05, 0.1) is 0 Å². The first-order valence-electron chi connectivity index (χ1n) is 4.47. The molecule has 0 heterocycles. The number of alkyl halides is 3. The van der Waals surface area contributed by atoms with Gasteiger partial charge in [0.2, 0.25) is 0 Å². The van der Waals surface area contributed by atoms with E-state index in [4.69, 9.17) is 0 Å². The topological polar surface area (TPSA) is 12.0 Å². The van der Waals surface area contributed by atoms with E-state index in [1.54, 1.807) is 0 Å². The predicted octanol–water partition coefficient (Wildman–Crippen LogP) is 2.64. The molecule has 0 bridgehead atoms. The van der Waals surface area contributed by atoms with Gasteiger partial charge in [-0.25, -0.2) is 0 Å². The first-order chi connectivity index (χ1) is 6.00. The van der Waals surface area contributed by atoms with E-state index < -0.39 is 11.7 Å². The molecule has 0 radical (unpaired) electrons. The number of halogens is 3. The summed E-state index contributed by atoms with van der Waals surface area (Å²) in [7, 11) is 0. The fraction of sp³-hybridized carbons (Fsp3) is 0.778. The molecule has 0 unspecified atom stereocenters. The normalized spacial score (nSPS) is 19.2. The lowest BCUT2D eigenvalue weighted by molar-refractivity contribution is -0.0915. The number of nitrogens with one attached hydrogen (secondary N) is 1. The predicted molar refractivity (Wildman–Crippen MR) is 45.5 cm³/mol. The molecule has 0 saturated heterocycles. The molecule has 13 heavy (non-hydrogen) atoms. The highest BCUT2D eigenvalue weighted by Crippen LogP contribution is 2.25. The van der Waals surface area contributed by atoms with Crippen LogP contribution in [0.25, 0.3) is 0 Å². The van der Waals surface area contributed by atoms with Crippen molar-refractivity contribution in [2.75, 3.05) is 6.54 Å². The van der Waals surface area contributed by atoms with Gasteiger partial charge in [-0.05, 0) is 32.7 Å². The van der Waals surface area contributed by atoms with Crippen LogP contribution in [-0.4, -0.2) is 18.8 Å². The van der Waals surface area contributed by atoms with Crippen molar-refractivity contribution in [2.24, 2.45) is 0 Å². The molecule has 0 aliphatic heterocycles. The molecule has 1 saturated carbocycles. The Kier molecular flexibility index (Phi) is 3.36. The Morgan fingerprint density at radius 3 is 2.54 bits per heavy atom. The molecule has 0 aromatic carbocycles. The van der Waals surface area contributed by atoms with Crippen molar-refractivity contribution in [1.29, 1.82) is 0 Å². The maximum Gasteiger partial charge on any atom is 0.412 e. The Morgan fingerprint density at radius 2 is 2.08 bits per heavy atom. The highest BCUT2D eigenvalue weighted by atomic mass is 19.4. The quantitative estimate of drug-likeness (QED) is 0.534. The molecule has 1 aliphatic carbocycles. The molecule has 0 amide bonds. The van der Waals surface area contributed by atoms with Gasteiger partial charge in [-0.15, -0.1) is 0 Å². The third-order valence-electron chi connectivity index (χ3n) is 2.05. The summed E-state index contributed by atoms with van der Waals surface area (Å²) < 4.78 is 35.9. The summed E-state index contributed by atoms with van der Waals surface area (Å²) >= 11 is 0. The monoisotopic (exact) mass is 193 g/mol. The minimum atomic E-state index is -4.15. The summed E-state index contributed by atoms with van der Waals surface area (Å²) in [6.45, 7) is 1.76. The number of hydrogen-bond donors (Lipinski definition) is 1. The van der Waals surface area contributed by atoms with Crippen LogP contribution in [0.4, 0.5) is 13.2 Å².